The van der Waals surface area contributed by atoms with E-state index in [1.54, 1.807) is 23.6 Å². The van der Waals surface area contributed by atoms with Gasteiger partial charge in [-0.3, -0.25) is 0 Å². The van der Waals surface area contributed by atoms with Crippen LogP contribution in [0.4, 0.5) is 10.2 Å². The highest BCUT2D eigenvalue weighted by Crippen LogP contribution is 2.22. The van der Waals surface area contributed by atoms with E-state index in [1.807, 2.05) is 18.0 Å². The number of likely N-dealkylation sites (N-methyl/N-ethyl adjacent to an activating group) is 1. The first kappa shape index (κ1) is 14.0. The van der Waals surface area contributed by atoms with Gasteiger partial charge in [-0.25, -0.2) is 9.37 Å². The van der Waals surface area contributed by atoms with Crippen molar-refractivity contribution in [1.29, 1.82) is 0 Å². The Morgan fingerprint density at radius 2 is 2.26 bits per heavy atom. The number of hydrogen-bond donors (Lipinski definition) is 1. The van der Waals surface area contributed by atoms with Crippen LogP contribution in [0.5, 0.6) is 0 Å². The zero-order valence-corrected chi connectivity index (χ0v) is 12.0. The van der Waals surface area contributed by atoms with Gasteiger partial charge in [0.05, 0.1) is 0 Å². The molecule has 2 aromatic rings. The normalized spacial score (nSPS) is 12.4. The summed E-state index contributed by atoms with van der Waals surface area (Å²) in [5.74, 6) is 0.0533. The van der Waals surface area contributed by atoms with E-state index in [1.165, 1.54) is 4.88 Å². The molecule has 0 saturated heterocycles. The standard InChI is InChI=1S/C14H18FN3S/c1-10(8-12-4-3-7-19-12)18(2)14-13(15)11(9-16)5-6-17-14/h3-7,10H,8-9,16H2,1-2H3. The van der Waals surface area contributed by atoms with Crippen LogP contribution in [0.2, 0.25) is 0 Å². The zero-order valence-electron chi connectivity index (χ0n) is 11.1. The maximum Gasteiger partial charge on any atom is 0.170 e. The third-order valence-electron chi connectivity index (χ3n) is 3.24. The van der Waals surface area contributed by atoms with E-state index in [2.05, 4.69) is 23.4 Å². The number of hydrogen-bond acceptors (Lipinski definition) is 4. The predicted molar refractivity (Wildman–Crippen MR) is 78.0 cm³/mol. The van der Waals surface area contributed by atoms with Crippen LogP contribution in [0.25, 0.3) is 0 Å². The zero-order chi connectivity index (χ0) is 13.8. The summed E-state index contributed by atoms with van der Waals surface area (Å²) in [6.45, 7) is 2.25. The van der Waals surface area contributed by atoms with Gasteiger partial charge in [0.1, 0.15) is 0 Å². The molecular weight excluding hydrogens is 261 g/mol. The summed E-state index contributed by atoms with van der Waals surface area (Å²) in [5, 5.41) is 2.05. The quantitative estimate of drug-likeness (QED) is 0.915. The molecule has 3 nitrogen and oxygen atoms in total. The summed E-state index contributed by atoms with van der Waals surface area (Å²) >= 11 is 1.71. The van der Waals surface area contributed by atoms with Crippen LogP contribution in [0.3, 0.4) is 0 Å². The molecule has 0 radical (unpaired) electrons. The van der Waals surface area contributed by atoms with E-state index < -0.39 is 0 Å². The molecule has 0 aliphatic heterocycles. The number of pyridine rings is 1. The smallest absolute Gasteiger partial charge is 0.170 e. The van der Waals surface area contributed by atoms with E-state index in [0.29, 0.717) is 11.4 Å². The minimum Gasteiger partial charge on any atom is -0.354 e. The molecule has 0 aliphatic rings. The van der Waals surface area contributed by atoms with Crippen LogP contribution >= 0.6 is 11.3 Å². The van der Waals surface area contributed by atoms with Crippen molar-refractivity contribution in [3.63, 3.8) is 0 Å². The average molecular weight is 279 g/mol. The van der Waals surface area contributed by atoms with Gasteiger partial charge in [-0.05, 0) is 24.4 Å². The lowest BCUT2D eigenvalue weighted by Crippen LogP contribution is -2.32. The molecule has 2 rings (SSSR count). The number of anilines is 1. The van der Waals surface area contributed by atoms with Crippen LogP contribution in [-0.2, 0) is 13.0 Å². The van der Waals surface area contributed by atoms with Gasteiger partial charge in [-0.2, -0.15) is 0 Å². The molecule has 0 spiro atoms. The van der Waals surface area contributed by atoms with Gasteiger partial charge < -0.3 is 10.6 Å². The highest BCUT2D eigenvalue weighted by molar-refractivity contribution is 7.09. The minimum atomic E-state index is -0.314. The second-order valence-electron chi connectivity index (χ2n) is 4.56. The number of nitrogens with zero attached hydrogens (tertiary/aromatic N) is 2. The van der Waals surface area contributed by atoms with Gasteiger partial charge >= 0.3 is 0 Å². The molecule has 2 N–H and O–H groups in total. The maximum absolute atomic E-state index is 14.2. The van der Waals surface area contributed by atoms with Crippen molar-refractivity contribution in [3.8, 4) is 0 Å². The van der Waals surface area contributed by atoms with Gasteiger partial charge in [0.2, 0.25) is 0 Å². The molecule has 1 unspecified atom stereocenters. The van der Waals surface area contributed by atoms with Crippen molar-refractivity contribution in [2.75, 3.05) is 11.9 Å². The predicted octanol–water partition coefficient (Wildman–Crippen LogP) is 2.81. The molecule has 0 fully saturated rings. The number of nitrogens with two attached hydrogens (primary N) is 1. The minimum absolute atomic E-state index is 0.175. The van der Waals surface area contributed by atoms with Crippen LogP contribution in [0.15, 0.2) is 29.8 Å². The molecular formula is C14H18FN3S. The lowest BCUT2D eigenvalue weighted by molar-refractivity contribution is 0.582. The first-order chi connectivity index (χ1) is 9.13. The average Bonchev–Trinajstić information content (AvgIpc) is 2.91. The lowest BCUT2D eigenvalue weighted by atomic mass is 10.1. The van der Waals surface area contributed by atoms with E-state index in [9.17, 15) is 4.39 Å². The van der Waals surface area contributed by atoms with Gasteiger partial charge in [0.15, 0.2) is 11.6 Å². The summed E-state index contributed by atoms with van der Waals surface area (Å²) in [7, 11) is 1.87. The Labute approximate surface area is 116 Å². The number of thiophene rings is 1. The fourth-order valence-electron chi connectivity index (χ4n) is 1.94. The third-order valence-corrected chi connectivity index (χ3v) is 4.14. The van der Waals surface area contributed by atoms with Crippen LogP contribution in [0.1, 0.15) is 17.4 Å². The summed E-state index contributed by atoms with van der Waals surface area (Å²) in [5.41, 5.74) is 6.02. The summed E-state index contributed by atoms with van der Waals surface area (Å²) < 4.78 is 14.2. The van der Waals surface area contributed by atoms with Crippen LogP contribution in [-0.4, -0.2) is 18.1 Å². The first-order valence-corrected chi connectivity index (χ1v) is 7.10. The Hall–Kier alpha value is -1.46. The van der Waals surface area contributed by atoms with Crippen molar-refractivity contribution in [3.05, 3.63) is 46.0 Å². The fourth-order valence-corrected chi connectivity index (χ4v) is 2.77. The Bertz CT molecular complexity index is 527. The van der Waals surface area contributed by atoms with Crippen molar-refractivity contribution < 1.29 is 4.39 Å². The SMILES string of the molecule is CC(Cc1cccs1)N(C)c1nccc(CN)c1F. The molecule has 0 aromatic carbocycles. The Balaban J connectivity index is 2.16. The van der Waals surface area contributed by atoms with Gasteiger partial charge in [0, 0.05) is 42.7 Å². The third kappa shape index (κ3) is 3.11. The molecule has 2 heterocycles. The maximum atomic E-state index is 14.2. The largest absolute Gasteiger partial charge is 0.354 e. The molecule has 2 aromatic heterocycles. The molecule has 0 saturated carbocycles. The van der Waals surface area contributed by atoms with Crippen molar-refractivity contribution in [2.24, 2.45) is 5.73 Å². The number of aromatic nitrogens is 1. The molecule has 0 bridgehead atoms. The highest BCUT2D eigenvalue weighted by Gasteiger charge is 2.17. The second kappa shape index (κ2) is 6.12. The van der Waals surface area contributed by atoms with Crippen molar-refractivity contribution in [1.82, 2.24) is 4.98 Å². The number of halogens is 1. The molecule has 5 heteroatoms. The van der Waals surface area contributed by atoms with Crippen molar-refractivity contribution >= 4 is 17.2 Å². The van der Waals surface area contributed by atoms with Gasteiger partial charge in [0.25, 0.3) is 0 Å². The first-order valence-electron chi connectivity index (χ1n) is 6.22. The topological polar surface area (TPSA) is 42.2 Å². The Kier molecular flexibility index (Phi) is 4.50. The summed E-state index contributed by atoms with van der Waals surface area (Å²) in [6, 6.07) is 5.92. The van der Waals surface area contributed by atoms with Crippen molar-refractivity contribution in [2.45, 2.75) is 25.9 Å². The van der Waals surface area contributed by atoms with Gasteiger partial charge in [-0.1, -0.05) is 6.07 Å². The van der Waals surface area contributed by atoms with E-state index in [0.717, 1.165) is 6.42 Å². The summed E-state index contributed by atoms with van der Waals surface area (Å²) in [6.07, 6.45) is 2.48. The van der Waals surface area contributed by atoms with Crippen LogP contribution in [0, 0.1) is 5.82 Å². The molecule has 102 valence electrons. The fraction of sp³-hybridized carbons (Fsp3) is 0.357. The summed E-state index contributed by atoms with van der Waals surface area (Å²) in [4.78, 5) is 7.29. The Morgan fingerprint density at radius 1 is 1.47 bits per heavy atom. The molecule has 0 aliphatic carbocycles. The van der Waals surface area contributed by atoms with E-state index in [4.69, 9.17) is 5.73 Å². The lowest BCUT2D eigenvalue weighted by Gasteiger charge is -2.26. The van der Waals surface area contributed by atoms with E-state index >= 15 is 0 Å². The van der Waals surface area contributed by atoms with Gasteiger partial charge in [-0.15, -0.1) is 11.3 Å². The molecule has 1 atom stereocenters. The highest BCUT2D eigenvalue weighted by atomic mass is 32.1. The second-order valence-corrected chi connectivity index (χ2v) is 5.59. The molecule has 19 heavy (non-hydrogen) atoms. The van der Waals surface area contributed by atoms with E-state index in [-0.39, 0.29) is 18.4 Å². The number of rotatable bonds is 5. The van der Waals surface area contributed by atoms with Crippen LogP contribution < -0.4 is 10.6 Å². The monoisotopic (exact) mass is 279 g/mol. The molecule has 0 amide bonds. The Morgan fingerprint density at radius 3 is 2.89 bits per heavy atom.